The van der Waals surface area contributed by atoms with Gasteiger partial charge in [0.1, 0.15) is 0 Å². The number of esters is 1. The van der Waals surface area contributed by atoms with Crippen LogP contribution in [0.15, 0.2) is 0 Å². The van der Waals surface area contributed by atoms with Gasteiger partial charge in [0, 0.05) is 10.3 Å². The van der Waals surface area contributed by atoms with Gasteiger partial charge in [-0.25, -0.2) is 9.78 Å². The van der Waals surface area contributed by atoms with Crippen LogP contribution in [-0.2, 0) is 16.6 Å². The van der Waals surface area contributed by atoms with Gasteiger partial charge in [-0.05, 0) is 19.8 Å². The van der Waals surface area contributed by atoms with Gasteiger partial charge in [-0.2, -0.15) is 0 Å². The minimum Gasteiger partial charge on any atom is -0.461 e. The van der Waals surface area contributed by atoms with E-state index in [9.17, 15) is 4.79 Å². The van der Waals surface area contributed by atoms with E-state index in [2.05, 4.69) is 18.8 Å². The fourth-order valence-corrected chi connectivity index (χ4v) is 3.01. The summed E-state index contributed by atoms with van der Waals surface area (Å²) in [6.45, 7) is 6.57. The normalized spacial score (nSPS) is 17.5. The lowest BCUT2D eigenvalue weighted by molar-refractivity contribution is 0.0525. The molecule has 0 saturated carbocycles. The lowest BCUT2D eigenvalue weighted by Gasteiger charge is -2.15. The molecule has 0 bridgehead atoms. The van der Waals surface area contributed by atoms with E-state index in [-0.39, 0.29) is 11.4 Å². The van der Waals surface area contributed by atoms with Gasteiger partial charge in [0.15, 0.2) is 0 Å². The molecule has 1 aliphatic rings. The molecular weight excluding hydrogens is 210 g/mol. The van der Waals surface area contributed by atoms with Gasteiger partial charge < -0.3 is 4.74 Å². The number of hydrogen-bond donors (Lipinski definition) is 0. The molecule has 4 heteroatoms. The maximum Gasteiger partial charge on any atom is 0.367 e. The van der Waals surface area contributed by atoms with Crippen LogP contribution in [0.4, 0.5) is 0 Å². The topological polar surface area (TPSA) is 39.2 Å². The largest absolute Gasteiger partial charge is 0.461 e. The third kappa shape index (κ3) is 1.78. The zero-order valence-corrected chi connectivity index (χ0v) is 10.1. The summed E-state index contributed by atoms with van der Waals surface area (Å²) < 4.78 is 4.94. The minimum atomic E-state index is -0.285. The first-order chi connectivity index (χ1) is 7.04. The second kappa shape index (κ2) is 3.59. The van der Waals surface area contributed by atoms with Crippen LogP contribution in [0.25, 0.3) is 0 Å². The van der Waals surface area contributed by atoms with Gasteiger partial charge in [-0.1, -0.05) is 13.8 Å². The molecule has 0 N–H and O–H groups in total. The molecule has 0 aromatic carbocycles. The Labute approximate surface area is 93.5 Å². The Morgan fingerprint density at radius 3 is 2.93 bits per heavy atom. The molecule has 1 aromatic heterocycles. The molecule has 0 fully saturated rings. The number of hydrogen-bond acceptors (Lipinski definition) is 4. The number of ether oxygens (including phenoxy) is 1. The fraction of sp³-hybridized carbons (Fsp3) is 0.636. The van der Waals surface area contributed by atoms with Crippen LogP contribution >= 0.6 is 11.3 Å². The van der Waals surface area contributed by atoms with E-state index >= 15 is 0 Å². The van der Waals surface area contributed by atoms with Crippen molar-refractivity contribution < 1.29 is 9.53 Å². The molecule has 15 heavy (non-hydrogen) atoms. The van der Waals surface area contributed by atoms with Crippen molar-refractivity contribution in [3.8, 4) is 0 Å². The lowest BCUT2D eigenvalue weighted by Crippen LogP contribution is -2.14. The SMILES string of the molecule is CCOC(=O)c1nc2c(s1)CCC2(C)C. The summed E-state index contributed by atoms with van der Waals surface area (Å²) in [6.07, 6.45) is 2.17. The molecule has 3 nitrogen and oxygen atoms in total. The summed E-state index contributed by atoms with van der Waals surface area (Å²) >= 11 is 1.49. The molecule has 0 radical (unpaired) electrons. The van der Waals surface area contributed by atoms with E-state index in [0.717, 1.165) is 18.5 Å². The van der Waals surface area contributed by atoms with Gasteiger partial charge >= 0.3 is 5.97 Å². The van der Waals surface area contributed by atoms with E-state index in [1.54, 1.807) is 0 Å². The average Bonchev–Trinajstić information content (AvgIpc) is 2.68. The lowest BCUT2D eigenvalue weighted by atomic mass is 9.91. The Morgan fingerprint density at radius 1 is 1.60 bits per heavy atom. The summed E-state index contributed by atoms with van der Waals surface area (Å²) in [5, 5.41) is 0.509. The fourth-order valence-electron chi connectivity index (χ4n) is 1.87. The highest BCUT2D eigenvalue weighted by atomic mass is 32.1. The molecule has 1 aromatic rings. The first-order valence-electron chi connectivity index (χ1n) is 5.22. The van der Waals surface area contributed by atoms with Crippen molar-refractivity contribution in [3.05, 3.63) is 15.6 Å². The number of thiazole rings is 1. The zero-order chi connectivity index (χ0) is 11.1. The van der Waals surface area contributed by atoms with Crippen molar-refractivity contribution in [2.24, 2.45) is 0 Å². The Hall–Kier alpha value is -0.900. The minimum absolute atomic E-state index is 0.122. The summed E-state index contributed by atoms with van der Waals surface area (Å²) in [5.74, 6) is -0.285. The highest BCUT2D eigenvalue weighted by molar-refractivity contribution is 7.13. The molecule has 2 rings (SSSR count). The van der Waals surface area contributed by atoms with Gasteiger partial charge in [0.2, 0.25) is 5.01 Å². The smallest absolute Gasteiger partial charge is 0.367 e. The number of rotatable bonds is 2. The number of nitrogens with zero attached hydrogens (tertiary/aromatic N) is 1. The van der Waals surface area contributed by atoms with Crippen molar-refractivity contribution in [1.82, 2.24) is 4.98 Å². The van der Waals surface area contributed by atoms with E-state index in [0.29, 0.717) is 11.6 Å². The summed E-state index contributed by atoms with van der Waals surface area (Å²) in [7, 11) is 0. The predicted molar refractivity (Wildman–Crippen MR) is 59.4 cm³/mol. The Kier molecular flexibility index (Phi) is 2.54. The van der Waals surface area contributed by atoms with Crippen LogP contribution in [0.3, 0.4) is 0 Å². The maximum atomic E-state index is 11.5. The van der Waals surface area contributed by atoms with Gasteiger partial charge in [0.05, 0.1) is 12.3 Å². The number of aromatic nitrogens is 1. The third-order valence-electron chi connectivity index (χ3n) is 2.77. The molecular formula is C11H15NO2S. The van der Waals surface area contributed by atoms with Crippen LogP contribution in [-0.4, -0.2) is 17.6 Å². The summed E-state index contributed by atoms with van der Waals surface area (Å²) in [4.78, 5) is 17.1. The molecule has 0 spiro atoms. The molecule has 82 valence electrons. The van der Waals surface area contributed by atoms with E-state index in [4.69, 9.17) is 4.74 Å². The average molecular weight is 225 g/mol. The predicted octanol–water partition coefficient (Wildman–Crippen LogP) is 2.54. The second-order valence-corrected chi connectivity index (χ2v) is 5.48. The van der Waals surface area contributed by atoms with Gasteiger partial charge in [-0.15, -0.1) is 11.3 Å². The van der Waals surface area contributed by atoms with Crippen molar-refractivity contribution in [3.63, 3.8) is 0 Å². The molecule has 0 atom stereocenters. The van der Waals surface area contributed by atoms with Crippen LogP contribution in [0.2, 0.25) is 0 Å². The molecule has 0 amide bonds. The van der Waals surface area contributed by atoms with E-state index in [1.807, 2.05) is 6.92 Å². The molecule has 0 unspecified atom stereocenters. The standard InChI is InChI=1S/C11H15NO2S/c1-4-14-10(13)9-12-8-7(15-9)5-6-11(8,2)3/h4-6H2,1-3H3. The van der Waals surface area contributed by atoms with Crippen LogP contribution < -0.4 is 0 Å². The highest BCUT2D eigenvalue weighted by Gasteiger charge is 2.34. The first-order valence-corrected chi connectivity index (χ1v) is 6.03. The Morgan fingerprint density at radius 2 is 2.33 bits per heavy atom. The van der Waals surface area contributed by atoms with Crippen LogP contribution in [0.5, 0.6) is 0 Å². The van der Waals surface area contributed by atoms with Crippen LogP contribution in [0, 0.1) is 0 Å². The quantitative estimate of drug-likeness (QED) is 0.726. The van der Waals surface area contributed by atoms with Crippen molar-refractivity contribution in [1.29, 1.82) is 0 Å². The van der Waals surface area contributed by atoms with Gasteiger partial charge in [-0.3, -0.25) is 0 Å². The van der Waals surface area contributed by atoms with Crippen molar-refractivity contribution in [2.45, 2.75) is 39.0 Å². The molecule has 0 aliphatic heterocycles. The first kappa shape index (κ1) is 10.6. The number of carbonyl (C=O) groups excluding carboxylic acids is 1. The van der Waals surface area contributed by atoms with Gasteiger partial charge in [0.25, 0.3) is 0 Å². The van der Waals surface area contributed by atoms with E-state index in [1.165, 1.54) is 16.2 Å². The number of fused-ring (bicyclic) bond motifs is 1. The molecule has 1 aliphatic carbocycles. The number of aryl methyl sites for hydroxylation is 1. The van der Waals surface area contributed by atoms with Crippen molar-refractivity contribution >= 4 is 17.3 Å². The van der Waals surface area contributed by atoms with E-state index < -0.39 is 0 Å². The third-order valence-corrected chi connectivity index (χ3v) is 3.86. The molecule has 1 heterocycles. The Bertz CT molecular complexity index is 395. The monoisotopic (exact) mass is 225 g/mol. The number of carbonyl (C=O) groups is 1. The summed E-state index contributed by atoms with van der Waals surface area (Å²) in [6, 6.07) is 0. The summed E-state index contributed by atoms with van der Waals surface area (Å²) in [5.41, 5.74) is 1.21. The van der Waals surface area contributed by atoms with Crippen molar-refractivity contribution in [2.75, 3.05) is 6.61 Å². The molecule has 0 saturated heterocycles. The highest BCUT2D eigenvalue weighted by Crippen LogP contribution is 2.40. The second-order valence-electron chi connectivity index (χ2n) is 4.40. The Balaban J connectivity index is 2.29. The maximum absolute atomic E-state index is 11.5. The van der Waals surface area contributed by atoms with Crippen LogP contribution in [0.1, 0.15) is 47.6 Å². The zero-order valence-electron chi connectivity index (χ0n) is 9.29.